The molecule has 3 nitrogen and oxygen atoms in total. The molecule has 0 spiro atoms. The van der Waals surface area contributed by atoms with Gasteiger partial charge in [-0.05, 0) is 63.4 Å². The van der Waals surface area contributed by atoms with Crippen LogP contribution in [-0.2, 0) is 0 Å². The Hall–Kier alpha value is -5.41. The van der Waals surface area contributed by atoms with Gasteiger partial charge in [-0.15, -0.1) is 0 Å². The van der Waals surface area contributed by atoms with Gasteiger partial charge in [-0.1, -0.05) is 115 Å². The fourth-order valence-electron chi connectivity index (χ4n) is 5.86. The molecule has 2 heterocycles. The summed E-state index contributed by atoms with van der Waals surface area (Å²) in [6, 6.07) is 48.6. The number of para-hydroxylation sites is 1. The normalized spacial score (nSPS) is 15.1. The van der Waals surface area contributed by atoms with E-state index < -0.39 is 0 Å². The third kappa shape index (κ3) is 4.19. The number of furan rings is 1. The third-order valence-corrected chi connectivity index (χ3v) is 7.89. The Morgan fingerprint density at radius 2 is 1.29 bits per heavy atom. The molecule has 7 aromatic rings. The van der Waals surface area contributed by atoms with E-state index in [1.807, 2.05) is 24.3 Å². The van der Waals surface area contributed by atoms with Crippen LogP contribution in [0.3, 0.4) is 0 Å². The number of aliphatic imine (C=N–C) groups is 1. The number of benzene rings is 6. The second-order valence-corrected chi connectivity index (χ2v) is 10.5. The Bertz CT molecular complexity index is 2120. The molecule has 194 valence electrons. The van der Waals surface area contributed by atoms with Gasteiger partial charge in [-0.3, -0.25) is 4.99 Å². The highest BCUT2D eigenvalue weighted by Crippen LogP contribution is 2.38. The van der Waals surface area contributed by atoms with Crippen molar-refractivity contribution in [3.63, 3.8) is 0 Å². The zero-order valence-corrected chi connectivity index (χ0v) is 22.3. The van der Waals surface area contributed by atoms with Gasteiger partial charge in [0.25, 0.3) is 0 Å². The molecule has 0 amide bonds. The van der Waals surface area contributed by atoms with E-state index in [9.17, 15) is 0 Å². The Balaban J connectivity index is 1.37. The highest BCUT2D eigenvalue weighted by molar-refractivity contribution is 6.20. The van der Waals surface area contributed by atoms with Crippen molar-refractivity contribution in [1.29, 1.82) is 0 Å². The van der Waals surface area contributed by atoms with Crippen LogP contribution in [0.4, 0.5) is 0 Å². The van der Waals surface area contributed by atoms with E-state index in [1.54, 1.807) is 0 Å². The van der Waals surface area contributed by atoms with Crippen molar-refractivity contribution in [3.8, 4) is 11.1 Å². The number of nitrogens with zero attached hydrogens (tertiary/aromatic N) is 1. The van der Waals surface area contributed by atoms with Crippen molar-refractivity contribution in [2.24, 2.45) is 4.99 Å². The van der Waals surface area contributed by atoms with Gasteiger partial charge in [0.2, 0.25) is 0 Å². The molecule has 0 aliphatic carbocycles. The van der Waals surface area contributed by atoms with Gasteiger partial charge in [0, 0.05) is 22.0 Å². The summed E-state index contributed by atoms with van der Waals surface area (Å²) < 4.78 is 6.46. The van der Waals surface area contributed by atoms with E-state index >= 15 is 0 Å². The lowest BCUT2D eigenvalue weighted by Gasteiger charge is -2.24. The van der Waals surface area contributed by atoms with Crippen LogP contribution in [0, 0.1) is 0 Å². The molecular formula is C38H26N2O. The SMILES string of the molecule is C1=C(c2ccccc2)NC(c2cc(-c3ccc4ccccc4c3)cc3oc4ccccc4c23)=NC1c1ccccc1. The van der Waals surface area contributed by atoms with Gasteiger partial charge in [0.1, 0.15) is 17.0 Å². The lowest BCUT2D eigenvalue weighted by molar-refractivity contribution is 0.669. The number of nitrogens with one attached hydrogen (secondary N) is 1. The molecule has 1 atom stereocenters. The number of fused-ring (bicyclic) bond motifs is 4. The predicted molar refractivity (Wildman–Crippen MR) is 170 cm³/mol. The van der Waals surface area contributed by atoms with Crippen LogP contribution < -0.4 is 5.32 Å². The number of rotatable bonds is 4. The smallest absolute Gasteiger partial charge is 0.136 e. The van der Waals surface area contributed by atoms with E-state index in [0.29, 0.717) is 0 Å². The van der Waals surface area contributed by atoms with Crippen LogP contribution in [0.5, 0.6) is 0 Å². The molecule has 8 rings (SSSR count). The minimum absolute atomic E-state index is 0.125. The highest BCUT2D eigenvalue weighted by Gasteiger charge is 2.23. The maximum Gasteiger partial charge on any atom is 0.136 e. The molecule has 0 fully saturated rings. The van der Waals surface area contributed by atoms with Crippen LogP contribution in [0.15, 0.2) is 155 Å². The van der Waals surface area contributed by atoms with E-state index in [2.05, 4.69) is 127 Å². The summed E-state index contributed by atoms with van der Waals surface area (Å²) in [6.45, 7) is 0. The van der Waals surface area contributed by atoms with Crippen LogP contribution in [0.1, 0.15) is 22.7 Å². The quantitative estimate of drug-likeness (QED) is 0.248. The van der Waals surface area contributed by atoms with Crippen LogP contribution in [0.2, 0.25) is 0 Å². The minimum atomic E-state index is -0.125. The topological polar surface area (TPSA) is 37.5 Å². The Labute approximate surface area is 238 Å². The minimum Gasteiger partial charge on any atom is -0.456 e. The fraction of sp³-hybridized carbons (Fsp3) is 0.0263. The zero-order valence-electron chi connectivity index (χ0n) is 22.3. The standard InChI is InChI=1S/C38H26N2O/c1-3-12-26(13-4-1)33-24-34(27-14-5-2-6-15-27)40-38(39-33)32-22-30(29-20-19-25-11-7-8-16-28(25)21-29)23-36-37(32)31-17-9-10-18-35(31)41-36/h1-24,33H,(H,39,40). The highest BCUT2D eigenvalue weighted by atomic mass is 16.3. The molecule has 1 aliphatic rings. The average molecular weight is 527 g/mol. The van der Waals surface area contributed by atoms with Gasteiger partial charge in [0.05, 0.1) is 6.04 Å². The fourth-order valence-corrected chi connectivity index (χ4v) is 5.86. The molecule has 0 bridgehead atoms. The second-order valence-electron chi connectivity index (χ2n) is 10.5. The van der Waals surface area contributed by atoms with Gasteiger partial charge in [-0.2, -0.15) is 0 Å². The summed E-state index contributed by atoms with van der Waals surface area (Å²) in [7, 11) is 0. The molecule has 41 heavy (non-hydrogen) atoms. The molecule has 1 unspecified atom stereocenters. The van der Waals surface area contributed by atoms with Gasteiger partial charge in [0.15, 0.2) is 0 Å². The molecule has 1 aromatic heterocycles. The maximum absolute atomic E-state index is 6.46. The van der Waals surface area contributed by atoms with Crippen molar-refractivity contribution in [2.75, 3.05) is 0 Å². The Morgan fingerprint density at radius 1 is 0.561 bits per heavy atom. The summed E-state index contributed by atoms with van der Waals surface area (Å²) in [4.78, 5) is 5.31. The largest absolute Gasteiger partial charge is 0.456 e. The Morgan fingerprint density at radius 3 is 2.15 bits per heavy atom. The first kappa shape index (κ1) is 23.5. The third-order valence-electron chi connectivity index (χ3n) is 7.89. The average Bonchev–Trinajstić information content (AvgIpc) is 3.43. The number of hydrogen-bond acceptors (Lipinski definition) is 3. The summed E-state index contributed by atoms with van der Waals surface area (Å²) >= 11 is 0. The predicted octanol–water partition coefficient (Wildman–Crippen LogP) is 9.54. The summed E-state index contributed by atoms with van der Waals surface area (Å²) in [5.41, 5.74) is 8.30. The van der Waals surface area contributed by atoms with Crippen molar-refractivity contribution >= 4 is 44.2 Å². The lowest BCUT2D eigenvalue weighted by atomic mass is 9.95. The van der Waals surface area contributed by atoms with Crippen LogP contribution in [0.25, 0.3) is 49.5 Å². The zero-order chi connectivity index (χ0) is 27.2. The van der Waals surface area contributed by atoms with Crippen LogP contribution >= 0.6 is 0 Å². The molecule has 0 radical (unpaired) electrons. The maximum atomic E-state index is 6.46. The van der Waals surface area contributed by atoms with Crippen molar-refractivity contribution in [3.05, 3.63) is 162 Å². The van der Waals surface area contributed by atoms with E-state index in [1.165, 1.54) is 10.8 Å². The van der Waals surface area contributed by atoms with Crippen molar-refractivity contribution in [1.82, 2.24) is 5.32 Å². The van der Waals surface area contributed by atoms with Gasteiger partial charge < -0.3 is 9.73 Å². The van der Waals surface area contributed by atoms with E-state index in [0.717, 1.165) is 61.3 Å². The van der Waals surface area contributed by atoms with Crippen molar-refractivity contribution < 1.29 is 4.42 Å². The van der Waals surface area contributed by atoms with Crippen molar-refractivity contribution in [2.45, 2.75) is 6.04 Å². The first-order valence-corrected chi connectivity index (χ1v) is 13.9. The van der Waals surface area contributed by atoms with Crippen LogP contribution in [-0.4, -0.2) is 5.84 Å². The molecule has 0 saturated carbocycles. The molecule has 3 heteroatoms. The number of amidine groups is 1. The lowest BCUT2D eigenvalue weighted by Crippen LogP contribution is -2.28. The second kappa shape index (κ2) is 9.65. The van der Waals surface area contributed by atoms with E-state index in [4.69, 9.17) is 9.41 Å². The summed E-state index contributed by atoms with van der Waals surface area (Å²) in [6.07, 6.45) is 2.21. The van der Waals surface area contributed by atoms with Gasteiger partial charge in [-0.25, -0.2) is 0 Å². The number of hydrogen-bond donors (Lipinski definition) is 1. The monoisotopic (exact) mass is 526 g/mol. The first-order chi connectivity index (χ1) is 20.3. The molecule has 0 saturated heterocycles. The molecule has 1 aliphatic heterocycles. The Kier molecular flexibility index (Phi) is 5.53. The molecule has 1 N–H and O–H groups in total. The first-order valence-electron chi connectivity index (χ1n) is 13.9. The molecular weight excluding hydrogens is 500 g/mol. The summed E-state index contributed by atoms with van der Waals surface area (Å²) in [5.74, 6) is 0.833. The molecule has 6 aromatic carbocycles. The van der Waals surface area contributed by atoms with E-state index in [-0.39, 0.29) is 6.04 Å². The van der Waals surface area contributed by atoms with Gasteiger partial charge >= 0.3 is 0 Å². The summed E-state index contributed by atoms with van der Waals surface area (Å²) in [5, 5.41) is 8.30.